The highest BCUT2D eigenvalue weighted by Gasteiger charge is 2.09. The lowest BCUT2D eigenvalue weighted by atomic mass is 9.92. The lowest BCUT2D eigenvalue weighted by Gasteiger charge is -2.12. The highest BCUT2D eigenvalue weighted by molar-refractivity contribution is 6.25. The molecule has 0 aliphatic carbocycles. The van der Waals surface area contributed by atoms with Crippen LogP contribution in [0.3, 0.4) is 0 Å². The third kappa shape index (κ3) is 5.89. The Morgan fingerprint density at radius 1 is 0.523 bits per heavy atom. The van der Waals surface area contributed by atoms with Gasteiger partial charge in [0.15, 0.2) is 0 Å². The van der Waals surface area contributed by atoms with Crippen molar-refractivity contribution in [2.45, 2.75) is 13.8 Å². The standard InChI is InChI=1S/C44H36/c1-4-7-18-34(6-3)37-28-32(29-38(30-37)35-20-9-8-10-21-35)17-11-12-19-33(5-2)36-26-27-43-41-24-14-13-22-39(41)40-23-15-16-25-42(40)44(43)31-36/h4-31H,3H2,1-2H3/b7-4-,17-11+,19-12-,33-5+,34-18+. The zero-order valence-corrected chi connectivity index (χ0v) is 25.4. The first-order valence-corrected chi connectivity index (χ1v) is 15.2. The second-order valence-electron chi connectivity index (χ2n) is 10.9. The van der Waals surface area contributed by atoms with E-state index in [1.165, 1.54) is 54.6 Å². The van der Waals surface area contributed by atoms with Crippen molar-refractivity contribution in [3.8, 4) is 11.1 Å². The molecule has 0 heterocycles. The molecule has 0 aliphatic heterocycles. The molecule has 0 bridgehead atoms. The Kier molecular flexibility index (Phi) is 8.62. The van der Waals surface area contributed by atoms with E-state index in [1.54, 1.807) is 0 Å². The third-order valence-electron chi connectivity index (χ3n) is 8.15. The quantitative estimate of drug-likeness (QED) is 0.127. The fourth-order valence-corrected chi connectivity index (χ4v) is 5.97. The van der Waals surface area contributed by atoms with Crippen molar-refractivity contribution in [3.63, 3.8) is 0 Å². The lowest BCUT2D eigenvalue weighted by molar-refractivity contribution is 1.55. The first kappa shape index (κ1) is 28.6. The summed E-state index contributed by atoms with van der Waals surface area (Å²) in [5.74, 6) is 0. The van der Waals surface area contributed by atoms with Crippen molar-refractivity contribution in [2.24, 2.45) is 0 Å². The van der Waals surface area contributed by atoms with Crippen LogP contribution < -0.4 is 0 Å². The summed E-state index contributed by atoms with van der Waals surface area (Å²) in [5, 5.41) is 7.76. The molecule has 0 nitrogen and oxygen atoms in total. The minimum Gasteiger partial charge on any atom is -0.0984 e. The van der Waals surface area contributed by atoms with E-state index >= 15 is 0 Å². The number of hydrogen-bond acceptors (Lipinski definition) is 0. The van der Waals surface area contributed by atoms with Crippen LogP contribution in [0.5, 0.6) is 0 Å². The topological polar surface area (TPSA) is 0 Å². The molecule has 0 radical (unpaired) electrons. The van der Waals surface area contributed by atoms with Crippen molar-refractivity contribution in [1.82, 2.24) is 0 Å². The van der Waals surface area contributed by atoms with Crippen molar-refractivity contribution in [3.05, 3.63) is 187 Å². The SMILES string of the molecule is C=C/C(=C\C=C/C)c1cc(/C=C/C=C\C(=C/C)c2ccc3c4ccccc4c4ccccc4c3c2)cc(-c2ccccc2)c1. The van der Waals surface area contributed by atoms with Gasteiger partial charge in [0.2, 0.25) is 0 Å². The molecule has 6 aromatic carbocycles. The van der Waals surface area contributed by atoms with Crippen molar-refractivity contribution in [1.29, 1.82) is 0 Å². The zero-order valence-electron chi connectivity index (χ0n) is 25.4. The van der Waals surface area contributed by atoms with E-state index < -0.39 is 0 Å². The molecule has 0 fully saturated rings. The maximum Gasteiger partial charge on any atom is -0.00928 e. The van der Waals surface area contributed by atoms with Crippen LogP contribution in [0.15, 0.2) is 170 Å². The Hall–Kier alpha value is -5.46. The van der Waals surface area contributed by atoms with Crippen LogP contribution in [0.4, 0.5) is 0 Å². The molecule has 212 valence electrons. The monoisotopic (exact) mass is 564 g/mol. The number of hydrogen-bond donors (Lipinski definition) is 0. The van der Waals surface area contributed by atoms with E-state index in [0.717, 1.165) is 16.7 Å². The molecule has 0 aromatic heterocycles. The van der Waals surface area contributed by atoms with Gasteiger partial charge in [0.05, 0.1) is 0 Å². The molecule has 0 unspecified atom stereocenters. The van der Waals surface area contributed by atoms with Crippen LogP contribution in [0.25, 0.3) is 60.7 Å². The summed E-state index contributed by atoms with van der Waals surface area (Å²) < 4.78 is 0. The van der Waals surface area contributed by atoms with Gasteiger partial charge in [0.25, 0.3) is 0 Å². The van der Waals surface area contributed by atoms with Gasteiger partial charge in [-0.15, -0.1) is 0 Å². The maximum atomic E-state index is 4.07. The van der Waals surface area contributed by atoms with E-state index in [0.29, 0.717) is 0 Å². The van der Waals surface area contributed by atoms with E-state index in [1.807, 2.05) is 19.1 Å². The highest BCUT2D eigenvalue weighted by Crippen LogP contribution is 2.36. The molecule has 0 saturated heterocycles. The summed E-state index contributed by atoms with van der Waals surface area (Å²) in [5.41, 5.74) is 8.17. The van der Waals surface area contributed by atoms with Crippen LogP contribution in [0.2, 0.25) is 0 Å². The fraction of sp³-hybridized carbons (Fsp3) is 0.0455. The molecular weight excluding hydrogens is 528 g/mol. The molecule has 0 heteroatoms. The molecule has 0 saturated carbocycles. The smallest absolute Gasteiger partial charge is 0.00928 e. The summed E-state index contributed by atoms with van der Waals surface area (Å²) >= 11 is 0. The Morgan fingerprint density at radius 3 is 1.80 bits per heavy atom. The van der Waals surface area contributed by atoms with Crippen LogP contribution >= 0.6 is 0 Å². The van der Waals surface area contributed by atoms with Gasteiger partial charge in [-0.1, -0.05) is 152 Å². The highest BCUT2D eigenvalue weighted by atomic mass is 14.1. The van der Waals surface area contributed by atoms with E-state index in [9.17, 15) is 0 Å². The predicted molar refractivity (Wildman–Crippen MR) is 196 cm³/mol. The molecule has 0 amide bonds. The van der Waals surface area contributed by atoms with Gasteiger partial charge in [-0.25, -0.2) is 0 Å². The Labute approximate surface area is 261 Å². The summed E-state index contributed by atoms with van der Waals surface area (Å²) in [6.07, 6.45) is 19.0. The summed E-state index contributed by atoms with van der Waals surface area (Å²) in [7, 11) is 0. The number of benzene rings is 6. The molecule has 0 spiro atoms. The van der Waals surface area contributed by atoms with Gasteiger partial charge >= 0.3 is 0 Å². The molecule has 0 aliphatic rings. The van der Waals surface area contributed by atoms with Gasteiger partial charge in [-0.2, -0.15) is 0 Å². The van der Waals surface area contributed by atoms with Crippen molar-refractivity contribution in [2.75, 3.05) is 0 Å². The van der Waals surface area contributed by atoms with Crippen LogP contribution in [-0.4, -0.2) is 0 Å². The number of allylic oxidation sites excluding steroid dienone is 10. The van der Waals surface area contributed by atoms with Crippen molar-refractivity contribution >= 4 is 49.5 Å². The van der Waals surface area contributed by atoms with Crippen LogP contribution in [0.1, 0.15) is 30.5 Å². The summed E-state index contributed by atoms with van der Waals surface area (Å²) in [6, 6.07) is 41.6. The molecular formula is C44H36. The minimum atomic E-state index is 1.10. The number of rotatable bonds is 8. The fourth-order valence-electron chi connectivity index (χ4n) is 5.97. The van der Waals surface area contributed by atoms with Crippen molar-refractivity contribution < 1.29 is 0 Å². The van der Waals surface area contributed by atoms with Gasteiger partial charge in [0, 0.05) is 0 Å². The average molecular weight is 565 g/mol. The van der Waals surface area contributed by atoms with Gasteiger partial charge in [-0.05, 0) is 109 Å². The van der Waals surface area contributed by atoms with Crippen LogP contribution in [0, 0.1) is 0 Å². The predicted octanol–water partition coefficient (Wildman–Crippen LogP) is 12.6. The van der Waals surface area contributed by atoms with E-state index in [4.69, 9.17) is 0 Å². The normalized spacial score (nSPS) is 12.9. The molecule has 6 aromatic rings. The zero-order chi connectivity index (χ0) is 30.3. The van der Waals surface area contributed by atoms with E-state index in [-0.39, 0.29) is 0 Å². The third-order valence-corrected chi connectivity index (χ3v) is 8.15. The first-order valence-electron chi connectivity index (χ1n) is 15.2. The Morgan fingerprint density at radius 2 is 1.16 bits per heavy atom. The largest absolute Gasteiger partial charge is 0.0984 e. The summed E-state index contributed by atoms with van der Waals surface area (Å²) in [6.45, 7) is 8.20. The molecule has 0 N–H and O–H groups in total. The summed E-state index contributed by atoms with van der Waals surface area (Å²) in [4.78, 5) is 0. The minimum absolute atomic E-state index is 1.10. The molecule has 0 atom stereocenters. The molecule has 6 rings (SSSR count). The lowest BCUT2D eigenvalue weighted by Crippen LogP contribution is -1.87. The van der Waals surface area contributed by atoms with Gasteiger partial charge < -0.3 is 0 Å². The first-order chi connectivity index (χ1) is 21.7. The van der Waals surface area contributed by atoms with Gasteiger partial charge in [0.1, 0.15) is 0 Å². The second kappa shape index (κ2) is 13.2. The number of fused-ring (bicyclic) bond motifs is 6. The Balaban J connectivity index is 1.34. The van der Waals surface area contributed by atoms with E-state index in [2.05, 4.69) is 171 Å². The maximum absolute atomic E-state index is 4.07. The second-order valence-corrected chi connectivity index (χ2v) is 10.9. The molecule has 44 heavy (non-hydrogen) atoms. The Bertz CT molecular complexity index is 2090. The van der Waals surface area contributed by atoms with Crippen LogP contribution in [-0.2, 0) is 0 Å². The van der Waals surface area contributed by atoms with Gasteiger partial charge in [-0.3, -0.25) is 0 Å². The average Bonchev–Trinajstić information content (AvgIpc) is 3.09.